The van der Waals surface area contributed by atoms with Gasteiger partial charge in [0.2, 0.25) is 11.8 Å². The number of aromatic nitrogens is 3. The minimum Gasteiger partial charge on any atom is -0.476 e. The van der Waals surface area contributed by atoms with Crippen LogP contribution < -0.4 is 5.32 Å². The highest BCUT2D eigenvalue weighted by Crippen LogP contribution is 2.17. The molecule has 20 heavy (non-hydrogen) atoms. The summed E-state index contributed by atoms with van der Waals surface area (Å²) in [5.74, 6) is -1.85. The summed E-state index contributed by atoms with van der Waals surface area (Å²) in [5.41, 5.74) is -0.943. The Balaban J connectivity index is 2.03. The number of carbonyl (C=O) groups excluding carboxylic acids is 2. The van der Waals surface area contributed by atoms with Crippen molar-refractivity contribution in [2.24, 2.45) is 0 Å². The van der Waals surface area contributed by atoms with Gasteiger partial charge in [0.25, 0.3) is 0 Å². The molecule has 0 saturated carbocycles. The minimum absolute atomic E-state index is 0.110. The molecule has 1 aromatic heterocycles. The smallest absolute Gasteiger partial charge is 0.358 e. The van der Waals surface area contributed by atoms with Gasteiger partial charge in [0.1, 0.15) is 0 Å². The lowest BCUT2D eigenvalue weighted by Crippen LogP contribution is -2.64. The van der Waals surface area contributed by atoms with E-state index in [4.69, 9.17) is 5.11 Å². The van der Waals surface area contributed by atoms with Crippen molar-refractivity contribution >= 4 is 17.8 Å². The molecule has 0 spiro atoms. The summed E-state index contributed by atoms with van der Waals surface area (Å²) in [5, 5.41) is 18.2. The van der Waals surface area contributed by atoms with Gasteiger partial charge in [-0.3, -0.25) is 24.5 Å². The summed E-state index contributed by atoms with van der Waals surface area (Å²) < 4.78 is 1.37. The predicted molar refractivity (Wildman–Crippen MR) is 65.8 cm³/mol. The van der Waals surface area contributed by atoms with Crippen LogP contribution in [0.3, 0.4) is 0 Å². The van der Waals surface area contributed by atoms with Crippen molar-refractivity contribution in [2.45, 2.75) is 25.9 Å². The second-order valence-corrected chi connectivity index (χ2v) is 5.03. The van der Waals surface area contributed by atoms with E-state index in [0.29, 0.717) is 13.1 Å². The molecule has 1 fully saturated rings. The molecule has 2 amide bonds. The number of aromatic carboxylic acids is 1. The maximum atomic E-state index is 11.8. The minimum atomic E-state index is -1.15. The number of amides is 2. The monoisotopic (exact) mass is 281 g/mol. The highest BCUT2D eigenvalue weighted by molar-refractivity contribution is 6.02. The number of piperazine rings is 1. The third-order valence-corrected chi connectivity index (χ3v) is 3.29. The quantitative estimate of drug-likeness (QED) is 0.659. The molecular formula is C11H15N5O4. The van der Waals surface area contributed by atoms with E-state index in [2.05, 4.69) is 15.6 Å². The van der Waals surface area contributed by atoms with Crippen LogP contribution in [-0.4, -0.2) is 61.4 Å². The molecule has 2 N–H and O–H groups in total. The molecule has 1 saturated heterocycles. The first-order chi connectivity index (χ1) is 9.30. The Kier molecular flexibility index (Phi) is 3.53. The zero-order chi connectivity index (χ0) is 14.9. The molecule has 1 aliphatic rings. The highest BCUT2D eigenvalue weighted by atomic mass is 16.4. The van der Waals surface area contributed by atoms with Gasteiger partial charge in [0, 0.05) is 6.54 Å². The van der Waals surface area contributed by atoms with Crippen LogP contribution in [0, 0.1) is 0 Å². The lowest BCUT2D eigenvalue weighted by atomic mass is 9.99. The van der Waals surface area contributed by atoms with Crippen molar-refractivity contribution < 1.29 is 19.5 Å². The fourth-order valence-corrected chi connectivity index (χ4v) is 1.92. The second-order valence-electron chi connectivity index (χ2n) is 5.03. The largest absolute Gasteiger partial charge is 0.476 e. The standard InChI is InChI=1S/C11H15N5O4/c1-11(2)10(20)12-8(17)6-15(11)3-4-16-5-7(9(18)19)13-14-16/h5H,3-4,6H2,1-2H3,(H,18,19)(H,12,17,20). The molecule has 9 nitrogen and oxygen atoms in total. The number of carboxylic acids is 1. The van der Waals surface area contributed by atoms with Crippen LogP contribution in [-0.2, 0) is 16.1 Å². The zero-order valence-corrected chi connectivity index (χ0v) is 11.2. The van der Waals surface area contributed by atoms with Crippen molar-refractivity contribution in [1.29, 1.82) is 0 Å². The molecule has 0 bridgehead atoms. The molecule has 1 aliphatic heterocycles. The summed E-state index contributed by atoms with van der Waals surface area (Å²) >= 11 is 0. The maximum absolute atomic E-state index is 11.8. The molecule has 0 atom stereocenters. The van der Waals surface area contributed by atoms with E-state index in [1.54, 1.807) is 18.7 Å². The topological polar surface area (TPSA) is 117 Å². The maximum Gasteiger partial charge on any atom is 0.358 e. The van der Waals surface area contributed by atoms with Gasteiger partial charge >= 0.3 is 5.97 Å². The Morgan fingerprint density at radius 2 is 2.15 bits per heavy atom. The molecule has 2 rings (SSSR count). The van der Waals surface area contributed by atoms with Crippen molar-refractivity contribution in [3.63, 3.8) is 0 Å². The van der Waals surface area contributed by atoms with Crippen molar-refractivity contribution in [3.05, 3.63) is 11.9 Å². The van der Waals surface area contributed by atoms with Crippen LogP contribution in [0.1, 0.15) is 24.3 Å². The van der Waals surface area contributed by atoms with E-state index in [0.717, 1.165) is 0 Å². The normalized spacial score (nSPS) is 18.9. The molecular weight excluding hydrogens is 266 g/mol. The van der Waals surface area contributed by atoms with Crippen LogP contribution >= 0.6 is 0 Å². The summed E-state index contributed by atoms with van der Waals surface area (Å²) in [7, 11) is 0. The van der Waals surface area contributed by atoms with Gasteiger partial charge in [-0.2, -0.15) is 0 Å². The Labute approximate surface area is 114 Å². The number of hydrogen-bond donors (Lipinski definition) is 2. The summed E-state index contributed by atoms with van der Waals surface area (Å²) in [6.07, 6.45) is 1.31. The van der Waals surface area contributed by atoms with Crippen molar-refractivity contribution in [2.75, 3.05) is 13.1 Å². The fraction of sp³-hybridized carbons (Fsp3) is 0.545. The molecule has 1 aromatic rings. The lowest BCUT2D eigenvalue weighted by Gasteiger charge is -2.39. The number of carbonyl (C=O) groups is 3. The first kappa shape index (κ1) is 14.1. The summed E-state index contributed by atoms with van der Waals surface area (Å²) in [4.78, 5) is 35.5. The highest BCUT2D eigenvalue weighted by Gasteiger charge is 2.40. The molecule has 9 heteroatoms. The van der Waals surface area contributed by atoms with Crippen LogP contribution in [0.2, 0.25) is 0 Å². The Morgan fingerprint density at radius 1 is 1.45 bits per heavy atom. The van der Waals surface area contributed by atoms with E-state index in [-0.39, 0.29) is 24.1 Å². The third-order valence-electron chi connectivity index (χ3n) is 3.29. The van der Waals surface area contributed by atoms with Crippen molar-refractivity contribution in [3.8, 4) is 0 Å². The van der Waals surface area contributed by atoms with Crippen LogP contribution in [0.25, 0.3) is 0 Å². The van der Waals surface area contributed by atoms with E-state index < -0.39 is 11.5 Å². The molecule has 0 unspecified atom stereocenters. The lowest BCUT2D eigenvalue weighted by molar-refractivity contribution is -0.145. The summed E-state index contributed by atoms with van der Waals surface area (Å²) in [6, 6.07) is 0. The fourth-order valence-electron chi connectivity index (χ4n) is 1.92. The summed E-state index contributed by atoms with van der Waals surface area (Å²) in [6.45, 7) is 4.27. The second kappa shape index (κ2) is 5.00. The van der Waals surface area contributed by atoms with E-state index in [1.807, 2.05) is 0 Å². The van der Waals surface area contributed by atoms with Gasteiger partial charge in [0.15, 0.2) is 5.69 Å². The van der Waals surface area contributed by atoms with Gasteiger partial charge in [-0.25, -0.2) is 4.79 Å². The number of nitrogens with one attached hydrogen (secondary N) is 1. The molecule has 2 heterocycles. The first-order valence-electron chi connectivity index (χ1n) is 6.03. The van der Waals surface area contributed by atoms with Crippen LogP contribution in [0.5, 0.6) is 0 Å². The average Bonchev–Trinajstić information content (AvgIpc) is 2.81. The van der Waals surface area contributed by atoms with Gasteiger partial charge in [-0.15, -0.1) is 5.10 Å². The SMILES string of the molecule is CC1(C)C(=O)NC(=O)CN1CCn1cc(C(=O)O)nn1. The number of hydrogen-bond acceptors (Lipinski definition) is 6. The zero-order valence-electron chi connectivity index (χ0n) is 11.2. The Morgan fingerprint density at radius 3 is 2.75 bits per heavy atom. The molecule has 0 radical (unpaired) electrons. The Bertz CT molecular complexity index is 565. The molecule has 0 aliphatic carbocycles. The van der Waals surface area contributed by atoms with Gasteiger partial charge < -0.3 is 5.11 Å². The van der Waals surface area contributed by atoms with Crippen LogP contribution in [0.4, 0.5) is 0 Å². The average molecular weight is 281 g/mol. The number of nitrogens with zero attached hydrogens (tertiary/aromatic N) is 4. The number of rotatable bonds is 4. The van der Waals surface area contributed by atoms with Gasteiger partial charge in [-0.05, 0) is 13.8 Å². The van der Waals surface area contributed by atoms with Gasteiger partial charge in [-0.1, -0.05) is 5.21 Å². The Hall–Kier alpha value is -2.29. The molecule has 108 valence electrons. The number of imide groups is 1. The predicted octanol–water partition coefficient (Wildman–Crippen LogP) is -1.29. The molecule has 0 aromatic carbocycles. The van der Waals surface area contributed by atoms with Crippen LogP contribution in [0.15, 0.2) is 6.20 Å². The number of carboxylic acid groups (broad SMARTS) is 1. The van der Waals surface area contributed by atoms with E-state index >= 15 is 0 Å². The van der Waals surface area contributed by atoms with Crippen molar-refractivity contribution in [1.82, 2.24) is 25.2 Å². The third kappa shape index (κ3) is 2.67. The van der Waals surface area contributed by atoms with E-state index in [1.165, 1.54) is 10.9 Å². The van der Waals surface area contributed by atoms with Gasteiger partial charge in [0.05, 0.1) is 24.8 Å². The van der Waals surface area contributed by atoms with E-state index in [9.17, 15) is 14.4 Å². The first-order valence-corrected chi connectivity index (χ1v) is 6.03.